The van der Waals surface area contributed by atoms with E-state index in [9.17, 15) is 0 Å². The van der Waals surface area contributed by atoms with Gasteiger partial charge in [-0.2, -0.15) is 0 Å². The first-order chi connectivity index (χ1) is 18.9. The smallest absolute Gasteiger partial charge is 0.200 e. The second kappa shape index (κ2) is 8.81. The number of aryl methyl sites for hydroxylation is 2. The van der Waals surface area contributed by atoms with Crippen LogP contribution in [0.5, 0.6) is 0 Å². The van der Waals surface area contributed by atoms with E-state index in [4.69, 9.17) is 0 Å². The van der Waals surface area contributed by atoms with Gasteiger partial charge in [-0.15, -0.1) is 11.3 Å². The number of benzene rings is 4. The Morgan fingerprint density at radius 3 is 2.27 bits per heavy atom. The zero-order valence-corrected chi connectivity index (χ0v) is 26.6. The van der Waals surface area contributed by atoms with E-state index in [-0.39, 0.29) is 10.8 Å². The molecule has 40 heavy (non-hydrogen) atoms. The van der Waals surface area contributed by atoms with Crippen molar-refractivity contribution in [3.05, 3.63) is 77.5 Å². The fraction of sp³-hybridized carbons (Fsp3) is 0.324. The van der Waals surface area contributed by atoms with Crippen molar-refractivity contribution in [3.63, 3.8) is 0 Å². The first-order valence-electron chi connectivity index (χ1n) is 14.4. The molecule has 0 unspecified atom stereocenters. The fourth-order valence-corrected chi connectivity index (χ4v) is 9.38. The summed E-state index contributed by atoms with van der Waals surface area (Å²) in [5, 5.41) is 8.38. The van der Waals surface area contributed by atoms with Gasteiger partial charge in [-0.3, -0.25) is 0 Å². The quantitative estimate of drug-likeness (QED) is 0.150. The van der Waals surface area contributed by atoms with Gasteiger partial charge in [-0.25, -0.2) is 4.57 Å². The normalized spacial score (nSPS) is 13.6. The molecule has 3 heterocycles. The summed E-state index contributed by atoms with van der Waals surface area (Å²) < 4.78 is 5.21. The molecule has 0 radical (unpaired) electrons. The molecule has 0 bridgehead atoms. The Labute approximate surface area is 246 Å². The molecule has 202 valence electrons. The van der Waals surface area contributed by atoms with Gasteiger partial charge >= 0.3 is 0 Å². The lowest BCUT2D eigenvalue weighted by Gasteiger charge is -2.27. The maximum Gasteiger partial charge on any atom is 0.222 e. The van der Waals surface area contributed by atoms with E-state index in [1.807, 2.05) is 23.1 Å². The summed E-state index contributed by atoms with van der Waals surface area (Å²) >= 11 is 3.99. The first-order valence-corrected chi connectivity index (χ1v) is 16.1. The molecule has 7 rings (SSSR count). The van der Waals surface area contributed by atoms with Crippen LogP contribution in [0.3, 0.4) is 0 Å². The third kappa shape index (κ3) is 4.08. The van der Waals surface area contributed by atoms with E-state index >= 15 is 0 Å². The number of hydrogen-bond acceptors (Lipinski definition) is 2. The average Bonchev–Trinajstić information content (AvgIpc) is 3.26. The van der Waals surface area contributed by atoms with Crippen molar-refractivity contribution in [2.45, 2.75) is 71.1 Å². The summed E-state index contributed by atoms with van der Waals surface area (Å²) in [6.07, 6.45) is 4.42. The Hall–Kier alpha value is -2.88. The number of pyridine rings is 1. The van der Waals surface area contributed by atoms with Gasteiger partial charge in [0.25, 0.3) is 0 Å². The highest BCUT2D eigenvalue weighted by Crippen LogP contribution is 2.55. The van der Waals surface area contributed by atoms with Gasteiger partial charge in [-0.05, 0) is 70.2 Å². The Morgan fingerprint density at radius 1 is 0.775 bits per heavy atom. The minimum Gasteiger partial charge on any atom is -0.200 e. The topological polar surface area (TPSA) is 3.88 Å². The Kier molecular flexibility index (Phi) is 5.74. The van der Waals surface area contributed by atoms with E-state index in [0.29, 0.717) is 0 Å². The molecule has 3 heteroatoms. The summed E-state index contributed by atoms with van der Waals surface area (Å²) in [7, 11) is 2.23. The second-order valence-electron chi connectivity index (χ2n) is 14.2. The molecule has 0 atom stereocenters. The molecule has 0 N–H and O–H groups in total. The molecule has 0 saturated carbocycles. The predicted octanol–water partition coefficient (Wildman–Crippen LogP) is 10.8. The van der Waals surface area contributed by atoms with Gasteiger partial charge in [-0.1, -0.05) is 89.7 Å². The molecule has 6 aromatic rings. The van der Waals surface area contributed by atoms with Crippen LogP contribution in [0.1, 0.15) is 58.2 Å². The van der Waals surface area contributed by atoms with Crippen molar-refractivity contribution in [1.82, 2.24) is 0 Å². The minimum absolute atomic E-state index is 0.180. The zero-order chi connectivity index (χ0) is 28.1. The molecule has 4 aromatic carbocycles. The van der Waals surface area contributed by atoms with E-state index in [1.54, 1.807) is 0 Å². The molecular weight excluding hydrogens is 523 g/mol. The van der Waals surface area contributed by atoms with Crippen LogP contribution in [0.25, 0.3) is 53.0 Å². The lowest BCUT2D eigenvalue weighted by Crippen LogP contribution is -2.32. The Balaban J connectivity index is 1.60. The summed E-state index contributed by atoms with van der Waals surface area (Å²) in [5.74, 6) is 0. The van der Waals surface area contributed by atoms with Crippen LogP contribution >= 0.6 is 23.1 Å². The highest BCUT2D eigenvalue weighted by molar-refractivity contribution is 8.00. The maximum atomic E-state index is 2.48. The van der Waals surface area contributed by atoms with Crippen LogP contribution in [0.2, 0.25) is 0 Å². The van der Waals surface area contributed by atoms with Crippen LogP contribution < -0.4 is 4.57 Å². The molecule has 1 aliphatic rings. The van der Waals surface area contributed by atoms with Gasteiger partial charge in [0.2, 0.25) is 5.69 Å². The molecule has 1 aliphatic heterocycles. The fourth-order valence-electron chi connectivity index (χ4n) is 6.78. The summed E-state index contributed by atoms with van der Waals surface area (Å²) in [6, 6.07) is 21.0. The average molecular weight is 561 g/mol. The number of thiophene rings is 1. The van der Waals surface area contributed by atoms with Gasteiger partial charge in [0.05, 0.1) is 10.9 Å². The van der Waals surface area contributed by atoms with Crippen molar-refractivity contribution in [2.75, 3.05) is 0 Å². The van der Waals surface area contributed by atoms with Crippen LogP contribution in [0, 0.1) is 17.8 Å². The third-order valence-corrected chi connectivity index (χ3v) is 10.8. The number of aromatic nitrogens is 1. The number of hydrogen-bond donors (Lipinski definition) is 0. The second-order valence-corrected chi connectivity index (χ2v) is 16.3. The molecule has 0 aliphatic carbocycles. The maximum absolute atomic E-state index is 2.48. The monoisotopic (exact) mass is 560 g/mol. The van der Waals surface area contributed by atoms with Crippen molar-refractivity contribution in [2.24, 2.45) is 17.9 Å². The molecular formula is C37H38NS2+. The third-order valence-electron chi connectivity index (χ3n) is 8.27. The van der Waals surface area contributed by atoms with Gasteiger partial charge in [0, 0.05) is 41.4 Å². The summed E-state index contributed by atoms with van der Waals surface area (Å²) in [6.45, 7) is 16.5. The van der Waals surface area contributed by atoms with Crippen molar-refractivity contribution < 1.29 is 4.57 Å². The van der Waals surface area contributed by atoms with Crippen LogP contribution in [0.15, 0.2) is 70.6 Å². The summed E-state index contributed by atoms with van der Waals surface area (Å²) in [4.78, 5) is 2.85. The van der Waals surface area contributed by atoms with Crippen molar-refractivity contribution >= 4 is 64.8 Å². The summed E-state index contributed by atoms with van der Waals surface area (Å²) in [5.41, 5.74) is 7.62. The largest absolute Gasteiger partial charge is 0.222 e. The minimum atomic E-state index is 0.180. The molecule has 0 amide bonds. The van der Waals surface area contributed by atoms with E-state index in [1.165, 1.54) is 79.5 Å². The van der Waals surface area contributed by atoms with Crippen molar-refractivity contribution in [1.29, 1.82) is 0 Å². The number of nitrogens with zero attached hydrogens (tertiary/aromatic N) is 1. The van der Waals surface area contributed by atoms with Crippen LogP contribution in [-0.2, 0) is 19.9 Å². The van der Waals surface area contributed by atoms with Crippen LogP contribution in [-0.4, -0.2) is 0 Å². The Morgan fingerprint density at radius 2 is 1.52 bits per heavy atom. The highest BCUT2D eigenvalue weighted by atomic mass is 32.2. The molecule has 0 fully saturated rings. The molecule has 0 spiro atoms. The highest BCUT2D eigenvalue weighted by Gasteiger charge is 2.34. The standard InChI is InChI=1S/C37H38NS2/c1-21-30-33-32-25(15-16-38(33)8)24-14-13-22(19-36(2,3)4)17-23(24)18-29(32)40-35(30)27(20-37(5,6)7)31-26-11-9-10-12-28(26)39-34(21)31/h9-18H,19-20H2,1-8H3/q+1. The predicted molar refractivity (Wildman–Crippen MR) is 176 cm³/mol. The molecule has 0 saturated heterocycles. The lowest BCUT2D eigenvalue weighted by atomic mass is 9.83. The van der Waals surface area contributed by atoms with Crippen LogP contribution in [0.4, 0.5) is 0 Å². The molecule has 1 nitrogen and oxygen atoms in total. The number of rotatable bonds is 2. The van der Waals surface area contributed by atoms with E-state index in [0.717, 1.165) is 12.8 Å². The van der Waals surface area contributed by atoms with Gasteiger partial charge in [0.15, 0.2) is 6.20 Å². The SMILES string of the molecule is Cc1c2c(c(CC(C)(C)C)c3c1sc1ccccc13)Sc1cc3cc(CC(C)(C)C)ccc3c3cc[n+](C)c-2c13. The van der Waals surface area contributed by atoms with E-state index < -0.39 is 0 Å². The van der Waals surface area contributed by atoms with Crippen molar-refractivity contribution in [3.8, 4) is 11.3 Å². The van der Waals surface area contributed by atoms with E-state index in [2.05, 4.69) is 121 Å². The van der Waals surface area contributed by atoms with Gasteiger partial charge < -0.3 is 0 Å². The Bertz CT molecular complexity index is 2010. The first kappa shape index (κ1) is 26.0. The van der Waals surface area contributed by atoms with Gasteiger partial charge in [0.1, 0.15) is 7.05 Å². The lowest BCUT2D eigenvalue weighted by molar-refractivity contribution is -0.659. The number of fused-ring (bicyclic) bond motifs is 7. The zero-order valence-electron chi connectivity index (χ0n) is 25.0. The molecule has 2 aromatic heterocycles.